The lowest BCUT2D eigenvalue weighted by atomic mass is 10.2. The maximum Gasteiger partial charge on any atom is 0.160 e. The zero-order chi connectivity index (χ0) is 13.0. The summed E-state index contributed by atoms with van der Waals surface area (Å²) in [6.45, 7) is 3.82. The third-order valence-corrected chi connectivity index (χ3v) is 4.56. The van der Waals surface area contributed by atoms with E-state index in [-0.39, 0.29) is 11.3 Å². The standard InChI is InChI=1S/C12H17F2NOS/c1-4-12(15-3)8(2)17(16)9-5-6-10(13)11(14)7-9/h5-8,12,15H,4H2,1-3H3. The Labute approximate surface area is 103 Å². The molecule has 0 radical (unpaired) electrons. The molecule has 17 heavy (non-hydrogen) atoms. The normalized spacial score (nSPS) is 16.5. The predicted octanol–water partition coefficient (Wildman–Crippen LogP) is 2.46. The van der Waals surface area contributed by atoms with E-state index in [2.05, 4.69) is 5.32 Å². The molecule has 0 saturated carbocycles. The molecule has 1 aromatic carbocycles. The Morgan fingerprint density at radius 2 is 2.00 bits per heavy atom. The van der Waals surface area contributed by atoms with Gasteiger partial charge in [-0.1, -0.05) is 6.92 Å². The molecule has 0 fully saturated rings. The Hall–Kier alpha value is -0.810. The van der Waals surface area contributed by atoms with E-state index in [1.54, 1.807) is 7.05 Å². The van der Waals surface area contributed by atoms with E-state index in [4.69, 9.17) is 0 Å². The predicted molar refractivity (Wildman–Crippen MR) is 65.4 cm³/mol. The SMILES string of the molecule is CCC(NC)C(C)S(=O)c1ccc(F)c(F)c1. The Morgan fingerprint density at radius 3 is 2.47 bits per heavy atom. The number of halogens is 2. The lowest BCUT2D eigenvalue weighted by molar-refractivity contribution is 0.504. The molecule has 0 amide bonds. The minimum atomic E-state index is -1.35. The van der Waals surface area contributed by atoms with Crippen molar-refractivity contribution in [1.82, 2.24) is 5.32 Å². The number of nitrogens with one attached hydrogen (secondary N) is 1. The molecule has 0 heterocycles. The molecule has 5 heteroatoms. The minimum absolute atomic E-state index is 0.0870. The van der Waals surface area contributed by atoms with Crippen LogP contribution in [0.1, 0.15) is 20.3 Å². The van der Waals surface area contributed by atoms with Gasteiger partial charge in [-0.25, -0.2) is 8.78 Å². The lowest BCUT2D eigenvalue weighted by Crippen LogP contribution is -2.37. The second-order valence-corrected chi connectivity index (χ2v) is 5.69. The molecular formula is C12H17F2NOS. The van der Waals surface area contributed by atoms with E-state index in [1.165, 1.54) is 6.07 Å². The fraction of sp³-hybridized carbons (Fsp3) is 0.500. The van der Waals surface area contributed by atoms with Crippen LogP contribution in [-0.2, 0) is 10.8 Å². The second kappa shape index (κ2) is 6.21. The molecule has 0 aliphatic carbocycles. The monoisotopic (exact) mass is 261 g/mol. The first-order chi connectivity index (χ1) is 8.01. The van der Waals surface area contributed by atoms with E-state index in [0.717, 1.165) is 18.6 Å². The van der Waals surface area contributed by atoms with E-state index in [9.17, 15) is 13.0 Å². The molecule has 3 atom stereocenters. The van der Waals surface area contributed by atoms with Gasteiger partial charge in [-0.3, -0.25) is 4.21 Å². The quantitative estimate of drug-likeness (QED) is 0.882. The van der Waals surface area contributed by atoms with Gasteiger partial charge in [-0.2, -0.15) is 0 Å². The van der Waals surface area contributed by atoms with Crippen molar-refractivity contribution in [3.63, 3.8) is 0 Å². The molecule has 1 rings (SSSR count). The molecule has 1 N–H and O–H groups in total. The summed E-state index contributed by atoms with van der Waals surface area (Å²) in [5.41, 5.74) is 0. The van der Waals surface area contributed by atoms with Gasteiger partial charge in [0.1, 0.15) is 0 Å². The Bertz CT molecular complexity index is 407. The zero-order valence-corrected chi connectivity index (χ0v) is 11.0. The van der Waals surface area contributed by atoms with E-state index < -0.39 is 22.4 Å². The van der Waals surface area contributed by atoms with Crippen molar-refractivity contribution >= 4 is 10.8 Å². The van der Waals surface area contributed by atoms with Crippen molar-refractivity contribution in [3.8, 4) is 0 Å². The van der Waals surface area contributed by atoms with Gasteiger partial charge in [-0.05, 0) is 38.6 Å². The van der Waals surface area contributed by atoms with Crippen LogP contribution < -0.4 is 5.32 Å². The number of benzene rings is 1. The summed E-state index contributed by atoms with van der Waals surface area (Å²) in [4.78, 5) is 0.324. The summed E-state index contributed by atoms with van der Waals surface area (Å²) in [7, 11) is 0.453. The second-order valence-electron chi connectivity index (χ2n) is 3.88. The van der Waals surface area contributed by atoms with Crippen molar-refractivity contribution in [3.05, 3.63) is 29.8 Å². The van der Waals surface area contributed by atoms with Gasteiger partial charge in [0.2, 0.25) is 0 Å². The molecule has 0 aliphatic rings. The topological polar surface area (TPSA) is 29.1 Å². The molecule has 0 aliphatic heterocycles. The van der Waals surface area contributed by atoms with Crippen molar-refractivity contribution in [2.75, 3.05) is 7.05 Å². The van der Waals surface area contributed by atoms with Crippen LogP contribution in [-0.4, -0.2) is 22.5 Å². The smallest absolute Gasteiger partial charge is 0.160 e. The summed E-state index contributed by atoms with van der Waals surface area (Å²) in [5.74, 6) is -1.88. The Balaban J connectivity index is 2.92. The van der Waals surface area contributed by atoms with Gasteiger partial charge < -0.3 is 5.32 Å². The van der Waals surface area contributed by atoms with Gasteiger partial charge in [0.05, 0.1) is 16.0 Å². The highest BCUT2D eigenvalue weighted by Crippen LogP contribution is 2.17. The van der Waals surface area contributed by atoms with Gasteiger partial charge >= 0.3 is 0 Å². The fourth-order valence-corrected chi connectivity index (χ4v) is 3.21. The summed E-state index contributed by atoms with van der Waals surface area (Å²) < 4.78 is 38.0. The van der Waals surface area contributed by atoms with Crippen LogP contribution in [0.4, 0.5) is 8.78 Å². The third kappa shape index (κ3) is 3.33. The van der Waals surface area contributed by atoms with Crippen LogP contribution in [0.5, 0.6) is 0 Å². The Kier molecular flexibility index (Phi) is 5.21. The van der Waals surface area contributed by atoms with Crippen molar-refractivity contribution in [2.45, 2.75) is 36.5 Å². The molecule has 1 aromatic rings. The number of hydrogen-bond acceptors (Lipinski definition) is 2. The lowest BCUT2D eigenvalue weighted by Gasteiger charge is -2.21. The van der Waals surface area contributed by atoms with Crippen molar-refractivity contribution < 1.29 is 13.0 Å². The van der Waals surface area contributed by atoms with Crippen LogP contribution in [0.2, 0.25) is 0 Å². The molecule has 96 valence electrons. The van der Waals surface area contributed by atoms with E-state index >= 15 is 0 Å². The number of rotatable bonds is 5. The fourth-order valence-electron chi connectivity index (χ4n) is 1.74. The van der Waals surface area contributed by atoms with E-state index in [0.29, 0.717) is 4.90 Å². The van der Waals surface area contributed by atoms with Gasteiger partial charge in [-0.15, -0.1) is 0 Å². The van der Waals surface area contributed by atoms with Gasteiger partial charge in [0.15, 0.2) is 11.6 Å². The first-order valence-corrected chi connectivity index (χ1v) is 6.75. The highest BCUT2D eigenvalue weighted by molar-refractivity contribution is 7.85. The maximum absolute atomic E-state index is 13.0. The summed E-state index contributed by atoms with van der Waals surface area (Å²) >= 11 is 0. The summed E-state index contributed by atoms with van der Waals surface area (Å²) in [5, 5.41) is 2.91. The zero-order valence-electron chi connectivity index (χ0n) is 10.2. The average Bonchev–Trinajstić information content (AvgIpc) is 2.33. The highest BCUT2D eigenvalue weighted by Gasteiger charge is 2.21. The molecule has 0 bridgehead atoms. The van der Waals surface area contributed by atoms with Gasteiger partial charge in [0, 0.05) is 10.9 Å². The molecule has 3 unspecified atom stereocenters. The van der Waals surface area contributed by atoms with Crippen LogP contribution in [0, 0.1) is 11.6 Å². The van der Waals surface area contributed by atoms with Crippen molar-refractivity contribution in [1.29, 1.82) is 0 Å². The minimum Gasteiger partial charge on any atom is -0.316 e. The van der Waals surface area contributed by atoms with Crippen LogP contribution in [0.25, 0.3) is 0 Å². The third-order valence-electron chi connectivity index (χ3n) is 2.84. The molecule has 0 spiro atoms. The van der Waals surface area contributed by atoms with Crippen LogP contribution in [0.15, 0.2) is 23.1 Å². The largest absolute Gasteiger partial charge is 0.316 e. The molecule has 2 nitrogen and oxygen atoms in total. The molecular weight excluding hydrogens is 244 g/mol. The maximum atomic E-state index is 13.0. The average molecular weight is 261 g/mol. The van der Waals surface area contributed by atoms with Gasteiger partial charge in [0.25, 0.3) is 0 Å². The van der Waals surface area contributed by atoms with Crippen molar-refractivity contribution in [2.24, 2.45) is 0 Å². The van der Waals surface area contributed by atoms with E-state index in [1.807, 2.05) is 13.8 Å². The summed E-state index contributed by atoms with van der Waals surface area (Å²) in [6, 6.07) is 3.47. The Morgan fingerprint density at radius 1 is 1.35 bits per heavy atom. The van der Waals surface area contributed by atoms with Crippen LogP contribution >= 0.6 is 0 Å². The number of hydrogen-bond donors (Lipinski definition) is 1. The molecule has 0 saturated heterocycles. The highest BCUT2D eigenvalue weighted by atomic mass is 32.2. The molecule has 0 aromatic heterocycles. The van der Waals surface area contributed by atoms with Crippen LogP contribution in [0.3, 0.4) is 0 Å². The first-order valence-electron chi connectivity index (χ1n) is 5.54. The summed E-state index contributed by atoms with van der Waals surface area (Å²) in [6.07, 6.45) is 0.826. The first kappa shape index (κ1) is 14.3.